The normalized spacial score (nSPS) is 6.67. The number of nitrogens with zero attached hydrogens (tertiary/aromatic N) is 2. The summed E-state index contributed by atoms with van der Waals surface area (Å²) in [7, 11) is 0. The van der Waals surface area contributed by atoms with Crippen molar-refractivity contribution in [1.82, 2.24) is 9.80 Å². The Morgan fingerprint density at radius 2 is 0.917 bits per heavy atom. The summed E-state index contributed by atoms with van der Waals surface area (Å²) in [5.41, 5.74) is 0. The van der Waals surface area contributed by atoms with Crippen molar-refractivity contribution in [2.45, 2.75) is 0 Å². The number of terminal acetylenes is 4. The van der Waals surface area contributed by atoms with Crippen LogP contribution in [0.15, 0.2) is 0 Å². The summed E-state index contributed by atoms with van der Waals surface area (Å²) in [6, 6.07) is 9.15. The summed E-state index contributed by atoms with van der Waals surface area (Å²) >= 11 is 0. The second-order valence-corrected chi connectivity index (χ2v) is 1.82. The number of rotatable bonds is 3. The van der Waals surface area contributed by atoms with Crippen LogP contribution in [0.2, 0.25) is 0 Å². The Hall–Kier alpha value is -2.16. The summed E-state index contributed by atoms with van der Waals surface area (Å²) < 4.78 is 0. The van der Waals surface area contributed by atoms with Crippen molar-refractivity contribution < 1.29 is 0 Å². The van der Waals surface area contributed by atoms with Gasteiger partial charge in [-0.2, -0.15) is 0 Å². The molecule has 0 aliphatic heterocycles. The van der Waals surface area contributed by atoms with Gasteiger partial charge in [-0.05, 0) is 0 Å². The molecule has 0 atom stereocenters. The van der Waals surface area contributed by atoms with Crippen LogP contribution in [0.4, 0.5) is 0 Å². The molecule has 0 rings (SSSR count). The predicted octanol–water partition coefficient (Wildman–Crippen LogP) is -0.0468. The highest BCUT2D eigenvalue weighted by Gasteiger charge is 1.97. The predicted molar refractivity (Wildman–Crippen MR) is 48.7 cm³/mol. The van der Waals surface area contributed by atoms with E-state index in [0.717, 1.165) is 0 Å². The van der Waals surface area contributed by atoms with Gasteiger partial charge in [0.05, 0.1) is 13.1 Å². The molecule has 0 spiro atoms. The van der Waals surface area contributed by atoms with E-state index >= 15 is 0 Å². The summed E-state index contributed by atoms with van der Waals surface area (Å²) in [5.74, 6) is 0. The van der Waals surface area contributed by atoms with E-state index in [2.05, 4.69) is 24.2 Å². The minimum Gasteiger partial charge on any atom is -0.259 e. The van der Waals surface area contributed by atoms with Crippen molar-refractivity contribution in [3.63, 3.8) is 0 Å². The van der Waals surface area contributed by atoms with Gasteiger partial charge in [-0.25, -0.2) is 0 Å². The Morgan fingerprint density at radius 1 is 0.667 bits per heavy atom. The summed E-state index contributed by atoms with van der Waals surface area (Å²) in [5, 5.41) is 0. The van der Waals surface area contributed by atoms with Crippen LogP contribution >= 0.6 is 0 Å². The van der Waals surface area contributed by atoms with Crippen LogP contribution in [0.25, 0.3) is 0 Å². The SMILES string of the molecule is C#CN(C#C)CCN(C#C)C#C. The standard InChI is InChI=1S/C10H8N2/c1-5-11(6-2)9-10-12(7-3)8-4/h1-4H,9-10H2. The van der Waals surface area contributed by atoms with Gasteiger partial charge in [-0.3, -0.25) is 9.80 Å². The van der Waals surface area contributed by atoms with Gasteiger partial charge in [0.15, 0.2) is 0 Å². The molecule has 0 radical (unpaired) electrons. The monoisotopic (exact) mass is 156 g/mol. The van der Waals surface area contributed by atoms with Crippen LogP contribution in [-0.2, 0) is 0 Å². The van der Waals surface area contributed by atoms with Gasteiger partial charge in [0.2, 0.25) is 0 Å². The van der Waals surface area contributed by atoms with Crippen molar-refractivity contribution in [2.24, 2.45) is 0 Å². The molecular weight excluding hydrogens is 148 g/mol. The molecule has 0 bridgehead atoms. The first-order chi connectivity index (χ1) is 5.78. The van der Waals surface area contributed by atoms with Crippen molar-refractivity contribution in [3.8, 4) is 49.9 Å². The molecule has 0 aromatic rings. The van der Waals surface area contributed by atoms with Crippen molar-refractivity contribution in [3.05, 3.63) is 0 Å². The first-order valence-electron chi connectivity index (χ1n) is 3.18. The van der Waals surface area contributed by atoms with Crippen LogP contribution in [0.1, 0.15) is 0 Å². The van der Waals surface area contributed by atoms with Crippen LogP contribution < -0.4 is 0 Å². The molecule has 2 heteroatoms. The molecule has 0 heterocycles. The average Bonchev–Trinajstić information content (AvgIpc) is 2.13. The molecule has 0 aliphatic carbocycles. The Kier molecular flexibility index (Phi) is 4.60. The average molecular weight is 156 g/mol. The van der Waals surface area contributed by atoms with E-state index in [1.165, 1.54) is 9.80 Å². The third kappa shape index (κ3) is 3.12. The second kappa shape index (κ2) is 5.61. The van der Waals surface area contributed by atoms with E-state index in [4.69, 9.17) is 25.7 Å². The first-order valence-corrected chi connectivity index (χ1v) is 3.18. The molecule has 0 saturated heterocycles. The largest absolute Gasteiger partial charge is 0.259 e. The quantitative estimate of drug-likeness (QED) is 0.417. The topological polar surface area (TPSA) is 6.48 Å². The third-order valence-electron chi connectivity index (χ3n) is 1.17. The van der Waals surface area contributed by atoms with E-state index in [1.807, 2.05) is 0 Å². The molecule has 0 aromatic carbocycles. The molecule has 0 amide bonds. The molecule has 0 aromatic heterocycles. The molecule has 0 N–H and O–H groups in total. The molecule has 12 heavy (non-hydrogen) atoms. The molecule has 58 valence electrons. The van der Waals surface area contributed by atoms with Crippen molar-refractivity contribution in [1.29, 1.82) is 0 Å². The minimum absolute atomic E-state index is 0.460. The highest BCUT2D eigenvalue weighted by atomic mass is 15.1. The van der Waals surface area contributed by atoms with E-state index in [9.17, 15) is 0 Å². The molecular formula is C10H8N2. The molecule has 0 saturated carbocycles. The zero-order valence-corrected chi connectivity index (χ0v) is 6.62. The summed E-state index contributed by atoms with van der Waals surface area (Å²) in [6.07, 6.45) is 20.3. The van der Waals surface area contributed by atoms with Crippen LogP contribution in [0, 0.1) is 49.9 Å². The fraction of sp³-hybridized carbons (Fsp3) is 0.200. The van der Waals surface area contributed by atoms with Gasteiger partial charge in [-0.15, -0.1) is 0 Å². The summed E-state index contributed by atoms with van der Waals surface area (Å²) in [6.45, 7) is 0.919. The molecule has 0 aliphatic rings. The lowest BCUT2D eigenvalue weighted by molar-refractivity contribution is 0.464. The maximum absolute atomic E-state index is 5.06. The van der Waals surface area contributed by atoms with Crippen LogP contribution in [0.3, 0.4) is 0 Å². The summed E-state index contributed by atoms with van der Waals surface area (Å²) in [4.78, 5) is 2.67. The third-order valence-corrected chi connectivity index (χ3v) is 1.17. The van der Waals surface area contributed by atoms with E-state index in [1.54, 1.807) is 0 Å². The van der Waals surface area contributed by atoms with Gasteiger partial charge in [0.1, 0.15) is 0 Å². The first kappa shape index (κ1) is 9.84. The Morgan fingerprint density at radius 3 is 1.08 bits per heavy atom. The molecule has 0 unspecified atom stereocenters. The highest BCUT2D eigenvalue weighted by molar-refractivity contribution is 5.03. The second-order valence-electron chi connectivity index (χ2n) is 1.82. The van der Waals surface area contributed by atoms with Crippen molar-refractivity contribution >= 4 is 0 Å². The van der Waals surface area contributed by atoms with Crippen molar-refractivity contribution in [2.75, 3.05) is 13.1 Å². The van der Waals surface area contributed by atoms with Gasteiger partial charge in [-0.1, -0.05) is 25.7 Å². The maximum atomic E-state index is 5.06. The molecule has 0 fully saturated rings. The molecule has 2 nitrogen and oxygen atoms in total. The van der Waals surface area contributed by atoms with E-state index in [0.29, 0.717) is 13.1 Å². The Labute approximate surface area is 73.5 Å². The number of hydrogen-bond acceptors (Lipinski definition) is 2. The zero-order valence-electron chi connectivity index (χ0n) is 6.62. The highest BCUT2D eigenvalue weighted by Crippen LogP contribution is 1.85. The van der Waals surface area contributed by atoms with Gasteiger partial charge >= 0.3 is 0 Å². The zero-order chi connectivity index (χ0) is 9.40. The fourth-order valence-corrected chi connectivity index (χ4v) is 0.533. The lowest BCUT2D eigenvalue weighted by Crippen LogP contribution is -2.24. The van der Waals surface area contributed by atoms with Gasteiger partial charge in [0, 0.05) is 24.2 Å². The van der Waals surface area contributed by atoms with Gasteiger partial charge < -0.3 is 0 Å². The smallest absolute Gasteiger partial charge is 0.0595 e. The number of hydrogen-bond donors (Lipinski definition) is 0. The van der Waals surface area contributed by atoms with E-state index in [-0.39, 0.29) is 0 Å². The lowest BCUT2D eigenvalue weighted by Gasteiger charge is -2.12. The van der Waals surface area contributed by atoms with Crippen LogP contribution in [-0.4, -0.2) is 22.9 Å². The van der Waals surface area contributed by atoms with Gasteiger partial charge in [0.25, 0.3) is 0 Å². The maximum Gasteiger partial charge on any atom is 0.0595 e. The Bertz CT molecular complexity index is 230. The minimum atomic E-state index is 0.460. The van der Waals surface area contributed by atoms with Crippen LogP contribution in [0.5, 0.6) is 0 Å². The Balaban J connectivity index is 3.88. The lowest BCUT2D eigenvalue weighted by atomic mass is 10.5. The fourth-order valence-electron chi connectivity index (χ4n) is 0.533. The van der Waals surface area contributed by atoms with E-state index < -0.39 is 0 Å².